The Balaban J connectivity index is 2.45. The Morgan fingerprint density at radius 2 is 2.20 bits per heavy atom. The van der Waals surface area contributed by atoms with E-state index in [9.17, 15) is 0 Å². The first-order valence-corrected chi connectivity index (χ1v) is 5.55. The van der Waals surface area contributed by atoms with Crippen LogP contribution >= 0.6 is 0 Å². The molecule has 3 N–H and O–H groups in total. The Hall–Kier alpha value is -1.28. The van der Waals surface area contributed by atoms with Crippen molar-refractivity contribution in [2.45, 2.75) is 32.7 Å². The lowest BCUT2D eigenvalue weighted by atomic mass is 10.1. The minimum atomic E-state index is 0.211. The highest BCUT2D eigenvalue weighted by molar-refractivity contribution is 5.83. The van der Waals surface area contributed by atoms with Crippen LogP contribution in [-0.2, 0) is 12.8 Å². The van der Waals surface area contributed by atoms with Crippen molar-refractivity contribution in [2.75, 3.05) is 0 Å². The first-order valence-electron chi connectivity index (χ1n) is 5.55. The summed E-state index contributed by atoms with van der Waals surface area (Å²) >= 11 is 0. The van der Waals surface area contributed by atoms with E-state index in [4.69, 9.17) is 5.73 Å². The number of hydrogen-bond donors (Lipinski definition) is 2. The lowest BCUT2D eigenvalue weighted by Crippen LogP contribution is -2.17. The molecule has 0 amide bonds. The van der Waals surface area contributed by atoms with Crippen LogP contribution in [0, 0.1) is 0 Å². The van der Waals surface area contributed by atoms with Gasteiger partial charge in [-0.1, -0.05) is 19.1 Å². The van der Waals surface area contributed by atoms with Crippen LogP contribution in [0.25, 0.3) is 10.9 Å². The Labute approximate surface area is 90.5 Å². The molecule has 0 saturated heterocycles. The molecule has 0 fully saturated rings. The largest absolute Gasteiger partial charge is 0.358 e. The molecule has 2 nitrogen and oxygen atoms in total. The van der Waals surface area contributed by atoms with Crippen molar-refractivity contribution in [3.8, 4) is 0 Å². The molecule has 0 saturated carbocycles. The van der Waals surface area contributed by atoms with E-state index in [-0.39, 0.29) is 6.04 Å². The van der Waals surface area contributed by atoms with Crippen molar-refractivity contribution in [1.29, 1.82) is 0 Å². The highest BCUT2D eigenvalue weighted by Gasteiger charge is 2.05. The summed E-state index contributed by atoms with van der Waals surface area (Å²) in [6.45, 7) is 4.22. The van der Waals surface area contributed by atoms with Gasteiger partial charge in [0.15, 0.2) is 0 Å². The second kappa shape index (κ2) is 4.07. The summed E-state index contributed by atoms with van der Waals surface area (Å²) in [6.07, 6.45) is 1.99. The molecule has 1 heterocycles. The number of aromatic amines is 1. The molecule has 0 aliphatic carbocycles. The minimum absolute atomic E-state index is 0.211. The predicted octanol–water partition coefficient (Wildman–Crippen LogP) is 2.62. The van der Waals surface area contributed by atoms with Gasteiger partial charge in [0.2, 0.25) is 0 Å². The summed E-state index contributed by atoms with van der Waals surface area (Å²) in [6, 6.07) is 8.86. The molecule has 1 atom stereocenters. The quantitative estimate of drug-likeness (QED) is 0.789. The summed E-state index contributed by atoms with van der Waals surface area (Å²) in [7, 11) is 0. The Morgan fingerprint density at radius 3 is 2.87 bits per heavy atom. The fourth-order valence-electron chi connectivity index (χ4n) is 2.04. The first kappa shape index (κ1) is 10.2. The number of aryl methyl sites for hydroxylation is 1. The third-order valence-electron chi connectivity index (χ3n) is 2.73. The molecular weight excluding hydrogens is 184 g/mol. The minimum Gasteiger partial charge on any atom is -0.358 e. The molecule has 0 aliphatic heterocycles. The van der Waals surface area contributed by atoms with Crippen LogP contribution in [0.3, 0.4) is 0 Å². The molecule has 1 unspecified atom stereocenters. The van der Waals surface area contributed by atoms with Crippen LogP contribution in [0.4, 0.5) is 0 Å². The molecule has 15 heavy (non-hydrogen) atoms. The highest BCUT2D eigenvalue weighted by atomic mass is 14.7. The molecule has 0 bridgehead atoms. The van der Waals surface area contributed by atoms with Gasteiger partial charge < -0.3 is 10.7 Å². The van der Waals surface area contributed by atoms with Gasteiger partial charge in [0.1, 0.15) is 0 Å². The number of fused-ring (bicyclic) bond motifs is 1. The number of hydrogen-bond acceptors (Lipinski definition) is 1. The Morgan fingerprint density at radius 1 is 1.40 bits per heavy atom. The van der Waals surface area contributed by atoms with Gasteiger partial charge >= 0.3 is 0 Å². The number of rotatable bonds is 3. The third kappa shape index (κ3) is 2.05. The molecule has 2 rings (SSSR count). The van der Waals surface area contributed by atoms with Gasteiger partial charge in [-0.05, 0) is 31.0 Å². The van der Waals surface area contributed by atoms with Crippen LogP contribution in [0.2, 0.25) is 0 Å². The second-order valence-corrected chi connectivity index (χ2v) is 4.21. The van der Waals surface area contributed by atoms with E-state index in [0.29, 0.717) is 0 Å². The van der Waals surface area contributed by atoms with Crippen molar-refractivity contribution in [3.05, 3.63) is 35.5 Å². The van der Waals surface area contributed by atoms with Crippen molar-refractivity contribution in [1.82, 2.24) is 4.98 Å². The normalized spacial score (nSPS) is 13.3. The zero-order valence-electron chi connectivity index (χ0n) is 9.38. The summed E-state index contributed by atoms with van der Waals surface area (Å²) < 4.78 is 0. The third-order valence-corrected chi connectivity index (χ3v) is 2.73. The zero-order valence-corrected chi connectivity index (χ0v) is 9.38. The van der Waals surface area contributed by atoms with Gasteiger partial charge in [0, 0.05) is 29.1 Å². The molecule has 2 heteroatoms. The number of H-pyrrole nitrogens is 1. The first-order chi connectivity index (χ1) is 7.20. The summed E-state index contributed by atoms with van der Waals surface area (Å²) in [5, 5.41) is 1.34. The molecule has 1 aromatic heterocycles. The standard InChI is InChI=1S/C13H18N2/c1-3-10-5-4-6-13-12(10)8-11(15-13)7-9(2)14/h4-6,8-9,15H,3,7,14H2,1-2H3. The molecule has 0 radical (unpaired) electrons. The van der Waals surface area contributed by atoms with Crippen molar-refractivity contribution in [2.24, 2.45) is 5.73 Å². The van der Waals surface area contributed by atoms with Crippen molar-refractivity contribution < 1.29 is 0 Å². The second-order valence-electron chi connectivity index (χ2n) is 4.21. The van der Waals surface area contributed by atoms with Crippen molar-refractivity contribution >= 4 is 10.9 Å². The Bertz CT molecular complexity index is 455. The maximum Gasteiger partial charge on any atom is 0.0458 e. The van der Waals surface area contributed by atoms with E-state index in [1.54, 1.807) is 0 Å². The van der Waals surface area contributed by atoms with Gasteiger partial charge in [-0.15, -0.1) is 0 Å². The van der Waals surface area contributed by atoms with Crippen LogP contribution in [0.15, 0.2) is 24.3 Å². The van der Waals surface area contributed by atoms with E-state index in [1.807, 2.05) is 6.92 Å². The maximum atomic E-state index is 5.80. The average Bonchev–Trinajstić information content (AvgIpc) is 2.58. The van der Waals surface area contributed by atoms with Crippen LogP contribution in [0.5, 0.6) is 0 Å². The van der Waals surface area contributed by atoms with Crippen molar-refractivity contribution in [3.63, 3.8) is 0 Å². The molecule has 0 aliphatic rings. The van der Waals surface area contributed by atoms with E-state index in [2.05, 4.69) is 36.2 Å². The molecule has 0 spiro atoms. The smallest absolute Gasteiger partial charge is 0.0458 e. The van der Waals surface area contributed by atoms with Gasteiger partial charge in [-0.25, -0.2) is 0 Å². The average molecular weight is 202 g/mol. The van der Waals surface area contributed by atoms with E-state index in [0.717, 1.165) is 12.8 Å². The summed E-state index contributed by atoms with van der Waals surface area (Å²) in [4.78, 5) is 3.42. The zero-order chi connectivity index (χ0) is 10.8. The van der Waals surface area contributed by atoms with E-state index in [1.165, 1.54) is 22.2 Å². The Kier molecular flexibility index (Phi) is 2.78. The monoisotopic (exact) mass is 202 g/mol. The highest BCUT2D eigenvalue weighted by Crippen LogP contribution is 2.20. The summed E-state index contributed by atoms with van der Waals surface area (Å²) in [5.74, 6) is 0. The predicted molar refractivity (Wildman–Crippen MR) is 65.0 cm³/mol. The molecule has 80 valence electrons. The number of nitrogens with one attached hydrogen (secondary N) is 1. The van der Waals surface area contributed by atoms with Crippen LogP contribution in [-0.4, -0.2) is 11.0 Å². The lowest BCUT2D eigenvalue weighted by Gasteiger charge is -2.00. The molecule has 2 aromatic rings. The fourth-order valence-corrected chi connectivity index (χ4v) is 2.04. The van der Waals surface area contributed by atoms with Gasteiger partial charge in [0.05, 0.1) is 0 Å². The number of benzene rings is 1. The van der Waals surface area contributed by atoms with Gasteiger partial charge in [0.25, 0.3) is 0 Å². The SMILES string of the molecule is CCc1cccc2[nH]c(CC(C)N)cc12. The van der Waals surface area contributed by atoms with E-state index >= 15 is 0 Å². The van der Waals surface area contributed by atoms with Gasteiger partial charge in [-0.3, -0.25) is 0 Å². The topological polar surface area (TPSA) is 41.8 Å². The lowest BCUT2D eigenvalue weighted by molar-refractivity contribution is 0.727. The summed E-state index contributed by atoms with van der Waals surface area (Å²) in [5.41, 5.74) is 9.66. The fraction of sp³-hybridized carbons (Fsp3) is 0.385. The van der Waals surface area contributed by atoms with Crippen LogP contribution < -0.4 is 5.73 Å². The number of aromatic nitrogens is 1. The van der Waals surface area contributed by atoms with Gasteiger partial charge in [-0.2, -0.15) is 0 Å². The van der Waals surface area contributed by atoms with E-state index < -0.39 is 0 Å². The molecular formula is C13H18N2. The number of nitrogens with two attached hydrogens (primary N) is 1. The maximum absolute atomic E-state index is 5.80. The molecule has 1 aromatic carbocycles. The van der Waals surface area contributed by atoms with Crippen LogP contribution in [0.1, 0.15) is 25.1 Å².